The number of benzene rings is 2. The largest absolute Gasteiger partial charge is 0.493 e. The maximum atomic E-state index is 7.00. The molecule has 0 radical (unpaired) electrons. The molecule has 1 heterocycles. The summed E-state index contributed by atoms with van der Waals surface area (Å²) < 4.78 is 5.76. The third-order valence-electron chi connectivity index (χ3n) is 3.57. The van der Waals surface area contributed by atoms with Gasteiger partial charge >= 0.3 is 0 Å². The fourth-order valence-corrected chi connectivity index (χ4v) is 2.52. The van der Waals surface area contributed by atoms with Crippen LogP contribution in [0.4, 0.5) is 0 Å². The van der Waals surface area contributed by atoms with Gasteiger partial charge in [-0.3, -0.25) is 0 Å². The molecule has 0 aliphatic carbocycles. The second-order valence-corrected chi connectivity index (χ2v) is 4.69. The van der Waals surface area contributed by atoms with Crippen LogP contribution in [0.5, 0.6) is 5.75 Å². The number of fused-ring (bicyclic) bond motifs is 1. The van der Waals surface area contributed by atoms with Crippen molar-refractivity contribution in [3.63, 3.8) is 0 Å². The zero-order valence-electron chi connectivity index (χ0n) is 11.8. The minimum atomic E-state index is 0.443. The Morgan fingerprint density at radius 1 is 1.10 bits per heavy atom. The van der Waals surface area contributed by atoms with Crippen molar-refractivity contribution in [1.82, 2.24) is 0 Å². The van der Waals surface area contributed by atoms with Crippen molar-refractivity contribution < 1.29 is 9.84 Å². The smallest absolute Gasteiger partial charge is 0.123 e. The van der Waals surface area contributed by atoms with Crippen molar-refractivity contribution in [2.45, 2.75) is 12.3 Å². The molecule has 0 spiro atoms. The molecule has 1 atom stereocenters. The Morgan fingerprint density at radius 3 is 2.55 bits per heavy atom. The van der Waals surface area contributed by atoms with E-state index in [2.05, 4.69) is 42.5 Å². The average Bonchev–Trinajstić information content (AvgIpc) is 2.56. The summed E-state index contributed by atoms with van der Waals surface area (Å²) in [5.41, 5.74) is 9.49. The van der Waals surface area contributed by atoms with E-state index in [-0.39, 0.29) is 0 Å². The van der Waals surface area contributed by atoms with Gasteiger partial charge in [0.2, 0.25) is 0 Å². The molecule has 3 rings (SSSR count). The predicted molar refractivity (Wildman–Crippen MR) is 81.9 cm³/mol. The number of aliphatic hydroxyl groups is 1. The Labute approximate surface area is 120 Å². The molecule has 1 aliphatic heterocycles. The highest BCUT2D eigenvalue weighted by Crippen LogP contribution is 2.36. The fourth-order valence-electron chi connectivity index (χ4n) is 2.52. The second-order valence-electron chi connectivity index (χ2n) is 4.69. The number of hydrogen-bond acceptors (Lipinski definition) is 3. The van der Waals surface area contributed by atoms with E-state index in [9.17, 15) is 0 Å². The van der Waals surface area contributed by atoms with Crippen LogP contribution in [0.3, 0.4) is 0 Å². The molecule has 2 aromatic carbocycles. The summed E-state index contributed by atoms with van der Waals surface area (Å²) in [5, 5.41) is 7.00. The summed E-state index contributed by atoms with van der Waals surface area (Å²) in [7, 11) is 1.00. The topological polar surface area (TPSA) is 55.5 Å². The summed E-state index contributed by atoms with van der Waals surface area (Å²) >= 11 is 0. The van der Waals surface area contributed by atoms with Crippen LogP contribution in [0.1, 0.15) is 17.9 Å². The summed E-state index contributed by atoms with van der Waals surface area (Å²) in [5.74, 6) is 1.44. The summed E-state index contributed by atoms with van der Waals surface area (Å²) in [6, 6.07) is 16.8. The molecule has 3 heteroatoms. The molecule has 0 fully saturated rings. The van der Waals surface area contributed by atoms with E-state index in [4.69, 9.17) is 15.6 Å². The molecule has 3 N–H and O–H groups in total. The lowest BCUT2D eigenvalue weighted by molar-refractivity contribution is 0.269. The van der Waals surface area contributed by atoms with Crippen molar-refractivity contribution in [3.05, 3.63) is 54.1 Å². The van der Waals surface area contributed by atoms with Gasteiger partial charge in [0.15, 0.2) is 0 Å². The lowest BCUT2D eigenvalue weighted by Crippen LogP contribution is -2.20. The number of aliphatic hydroxyl groups excluding tert-OH is 1. The fraction of sp³-hybridized carbons (Fsp3) is 0.294. The maximum Gasteiger partial charge on any atom is 0.123 e. The van der Waals surface area contributed by atoms with E-state index in [0.717, 1.165) is 25.9 Å². The summed E-state index contributed by atoms with van der Waals surface area (Å²) in [6.45, 7) is 1.47. The van der Waals surface area contributed by atoms with Crippen molar-refractivity contribution in [2.24, 2.45) is 5.73 Å². The second kappa shape index (κ2) is 7.08. The van der Waals surface area contributed by atoms with Gasteiger partial charge in [-0.15, -0.1) is 0 Å². The van der Waals surface area contributed by atoms with Crippen LogP contribution in [0, 0.1) is 0 Å². The third-order valence-corrected chi connectivity index (χ3v) is 3.57. The van der Waals surface area contributed by atoms with Crippen molar-refractivity contribution in [2.75, 3.05) is 20.3 Å². The first-order valence-electron chi connectivity index (χ1n) is 6.85. The van der Waals surface area contributed by atoms with Crippen molar-refractivity contribution in [3.8, 4) is 16.9 Å². The van der Waals surface area contributed by atoms with Gasteiger partial charge < -0.3 is 15.6 Å². The Kier molecular flexibility index (Phi) is 5.16. The SMILES string of the molecule is CO.NC[C@@H]1CCOc2cc(-c3ccccc3)ccc21. The van der Waals surface area contributed by atoms with Crippen LogP contribution < -0.4 is 10.5 Å². The number of ether oxygens (including phenoxy) is 1. The first-order valence-corrected chi connectivity index (χ1v) is 6.85. The normalized spacial score (nSPS) is 16.4. The van der Waals surface area contributed by atoms with E-state index in [0.29, 0.717) is 12.5 Å². The molecule has 0 bridgehead atoms. The van der Waals surface area contributed by atoms with Crippen LogP contribution in [-0.2, 0) is 0 Å². The highest BCUT2D eigenvalue weighted by molar-refractivity contribution is 5.66. The van der Waals surface area contributed by atoms with Crippen LogP contribution in [0.15, 0.2) is 48.5 Å². The van der Waals surface area contributed by atoms with Gasteiger partial charge in [0, 0.05) is 13.0 Å². The zero-order chi connectivity index (χ0) is 14.4. The molecule has 0 aromatic heterocycles. The number of nitrogens with two attached hydrogens (primary N) is 1. The Morgan fingerprint density at radius 2 is 1.85 bits per heavy atom. The standard InChI is InChI=1S/C16H17NO.CH4O/c17-11-14-8-9-18-16-10-13(6-7-15(14)16)12-4-2-1-3-5-12;1-2/h1-7,10,14H,8-9,11,17H2;2H,1H3/t14-;/m0./s1. The molecule has 0 saturated heterocycles. The molecule has 0 amide bonds. The molecule has 3 nitrogen and oxygen atoms in total. The minimum Gasteiger partial charge on any atom is -0.493 e. The van der Waals surface area contributed by atoms with Crippen LogP contribution in [-0.4, -0.2) is 25.4 Å². The number of hydrogen-bond donors (Lipinski definition) is 2. The highest BCUT2D eigenvalue weighted by atomic mass is 16.5. The molecular formula is C17H21NO2. The zero-order valence-corrected chi connectivity index (χ0v) is 11.8. The van der Waals surface area contributed by atoms with Gasteiger partial charge in [-0.25, -0.2) is 0 Å². The lowest BCUT2D eigenvalue weighted by atomic mass is 9.91. The first-order chi connectivity index (χ1) is 9.88. The van der Waals surface area contributed by atoms with Gasteiger partial charge in [0.05, 0.1) is 6.61 Å². The van der Waals surface area contributed by atoms with Gasteiger partial charge in [0.25, 0.3) is 0 Å². The molecule has 106 valence electrons. The predicted octanol–water partition coefficient (Wildman–Crippen LogP) is 2.79. The molecule has 0 saturated carbocycles. The van der Waals surface area contributed by atoms with Crippen LogP contribution in [0.25, 0.3) is 11.1 Å². The number of rotatable bonds is 2. The molecular weight excluding hydrogens is 250 g/mol. The summed E-state index contributed by atoms with van der Waals surface area (Å²) in [4.78, 5) is 0. The molecule has 0 unspecified atom stereocenters. The monoisotopic (exact) mass is 271 g/mol. The van der Waals surface area contributed by atoms with E-state index < -0.39 is 0 Å². The van der Waals surface area contributed by atoms with Crippen molar-refractivity contribution in [1.29, 1.82) is 0 Å². The van der Waals surface area contributed by atoms with E-state index in [1.54, 1.807) is 0 Å². The quantitative estimate of drug-likeness (QED) is 0.883. The van der Waals surface area contributed by atoms with E-state index in [1.807, 2.05) is 6.07 Å². The van der Waals surface area contributed by atoms with Gasteiger partial charge in [-0.05, 0) is 35.7 Å². The highest BCUT2D eigenvalue weighted by Gasteiger charge is 2.20. The molecule has 1 aliphatic rings. The van der Waals surface area contributed by atoms with Gasteiger partial charge in [0.1, 0.15) is 5.75 Å². The van der Waals surface area contributed by atoms with E-state index in [1.165, 1.54) is 16.7 Å². The van der Waals surface area contributed by atoms with Crippen LogP contribution in [0.2, 0.25) is 0 Å². The van der Waals surface area contributed by atoms with Crippen molar-refractivity contribution >= 4 is 0 Å². The first kappa shape index (κ1) is 14.6. The Bertz CT molecular complexity index is 540. The third kappa shape index (κ3) is 3.00. The Balaban J connectivity index is 0.000000704. The van der Waals surface area contributed by atoms with E-state index >= 15 is 0 Å². The molecule has 20 heavy (non-hydrogen) atoms. The van der Waals surface area contributed by atoms with Gasteiger partial charge in [-0.2, -0.15) is 0 Å². The van der Waals surface area contributed by atoms with Gasteiger partial charge in [-0.1, -0.05) is 42.5 Å². The summed E-state index contributed by atoms with van der Waals surface area (Å²) in [6.07, 6.45) is 1.02. The minimum absolute atomic E-state index is 0.443. The lowest BCUT2D eigenvalue weighted by Gasteiger charge is -2.25. The average molecular weight is 271 g/mol. The van der Waals surface area contributed by atoms with Crippen LogP contribution >= 0.6 is 0 Å². The molecule has 2 aromatic rings. The maximum absolute atomic E-state index is 7.00. The Hall–Kier alpha value is -1.84.